The fraction of sp³-hybridized carbons (Fsp3) is 0.250. The molecule has 2 heterocycles. The molecule has 0 spiro atoms. The maximum absolute atomic E-state index is 12.3. The van der Waals surface area contributed by atoms with Crippen LogP contribution in [0, 0.1) is 0 Å². The Morgan fingerprint density at radius 3 is 2.72 bits per heavy atom. The molecule has 4 nitrogen and oxygen atoms in total. The van der Waals surface area contributed by atoms with E-state index in [1.807, 2.05) is 41.8 Å². The third kappa shape index (κ3) is 4.51. The number of thiazole rings is 1. The van der Waals surface area contributed by atoms with Crippen LogP contribution in [0.4, 0.5) is 5.69 Å². The molecule has 5 heteroatoms. The highest BCUT2D eigenvalue weighted by Crippen LogP contribution is 2.24. The van der Waals surface area contributed by atoms with Gasteiger partial charge in [-0.15, -0.1) is 11.3 Å². The van der Waals surface area contributed by atoms with E-state index in [1.165, 1.54) is 0 Å². The molecule has 0 aliphatic rings. The Morgan fingerprint density at radius 2 is 1.96 bits per heavy atom. The summed E-state index contributed by atoms with van der Waals surface area (Å²) in [5, 5.41) is 5.91. The minimum absolute atomic E-state index is 0.0143. The van der Waals surface area contributed by atoms with E-state index in [0.717, 1.165) is 27.6 Å². The highest BCUT2D eigenvalue weighted by atomic mass is 32.1. The van der Waals surface area contributed by atoms with Gasteiger partial charge in [0.2, 0.25) is 5.91 Å². The molecule has 0 radical (unpaired) electrons. The first-order valence-corrected chi connectivity index (χ1v) is 9.26. The van der Waals surface area contributed by atoms with Crippen molar-refractivity contribution in [2.75, 3.05) is 5.32 Å². The number of rotatable bonds is 6. The number of carbonyl (C=O) groups is 1. The Kier molecular flexibility index (Phi) is 5.56. The fourth-order valence-electron chi connectivity index (χ4n) is 2.60. The summed E-state index contributed by atoms with van der Waals surface area (Å²) in [5.74, 6) is 0.386. The van der Waals surface area contributed by atoms with Crippen LogP contribution in [0.25, 0.3) is 10.7 Å². The Balaban J connectivity index is 1.59. The fourth-order valence-corrected chi connectivity index (χ4v) is 3.43. The van der Waals surface area contributed by atoms with Gasteiger partial charge in [0.05, 0.1) is 11.4 Å². The van der Waals surface area contributed by atoms with Gasteiger partial charge in [0.1, 0.15) is 5.01 Å². The van der Waals surface area contributed by atoms with Crippen molar-refractivity contribution in [3.8, 4) is 10.7 Å². The molecule has 0 saturated heterocycles. The second-order valence-electron chi connectivity index (χ2n) is 6.15. The van der Waals surface area contributed by atoms with Gasteiger partial charge in [-0.3, -0.25) is 9.78 Å². The van der Waals surface area contributed by atoms with Crippen LogP contribution in [0.3, 0.4) is 0 Å². The van der Waals surface area contributed by atoms with Crippen LogP contribution in [0.2, 0.25) is 0 Å². The van der Waals surface area contributed by atoms with Crippen molar-refractivity contribution in [2.45, 2.75) is 32.6 Å². The zero-order chi connectivity index (χ0) is 17.6. The summed E-state index contributed by atoms with van der Waals surface area (Å²) in [7, 11) is 0. The number of nitrogens with zero attached hydrogens (tertiary/aromatic N) is 2. The molecule has 2 aromatic heterocycles. The van der Waals surface area contributed by atoms with Gasteiger partial charge in [-0.2, -0.15) is 0 Å². The molecular formula is C20H21N3OS. The van der Waals surface area contributed by atoms with E-state index in [0.29, 0.717) is 18.8 Å². The lowest BCUT2D eigenvalue weighted by atomic mass is 10.0. The number of hydrogen-bond acceptors (Lipinski definition) is 4. The predicted octanol–water partition coefficient (Wildman–Crippen LogP) is 4.90. The molecule has 0 atom stereocenters. The lowest BCUT2D eigenvalue weighted by Gasteiger charge is -2.13. The number of pyridine rings is 1. The molecule has 25 heavy (non-hydrogen) atoms. The van der Waals surface area contributed by atoms with Gasteiger partial charge in [-0.25, -0.2) is 4.98 Å². The minimum Gasteiger partial charge on any atom is -0.326 e. The summed E-state index contributed by atoms with van der Waals surface area (Å²) in [6.45, 7) is 4.25. The van der Waals surface area contributed by atoms with Gasteiger partial charge in [0, 0.05) is 23.7 Å². The van der Waals surface area contributed by atoms with E-state index in [-0.39, 0.29) is 5.91 Å². The number of amides is 1. The summed E-state index contributed by atoms with van der Waals surface area (Å²) in [5.41, 5.74) is 3.85. The number of anilines is 1. The van der Waals surface area contributed by atoms with Crippen molar-refractivity contribution in [2.24, 2.45) is 0 Å². The Labute approximate surface area is 152 Å². The third-order valence-corrected chi connectivity index (χ3v) is 4.81. The van der Waals surface area contributed by atoms with Crippen LogP contribution in [0.5, 0.6) is 0 Å². The SMILES string of the molecule is CC(C)c1ccccc1NC(=O)CCc1csc(-c2ccccn2)n1. The van der Waals surface area contributed by atoms with Gasteiger partial charge in [0.25, 0.3) is 0 Å². The maximum Gasteiger partial charge on any atom is 0.224 e. The average molecular weight is 351 g/mol. The molecule has 0 aliphatic carbocycles. The largest absolute Gasteiger partial charge is 0.326 e. The maximum atomic E-state index is 12.3. The Bertz CT molecular complexity index is 843. The topological polar surface area (TPSA) is 54.9 Å². The standard InChI is InChI=1S/C20H21N3OS/c1-14(2)16-7-3-4-8-17(16)23-19(24)11-10-15-13-25-20(22-15)18-9-5-6-12-21-18/h3-9,12-14H,10-11H2,1-2H3,(H,23,24). The van der Waals surface area contributed by atoms with Crippen molar-refractivity contribution < 1.29 is 4.79 Å². The summed E-state index contributed by atoms with van der Waals surface area (Å²) in [4.78, 5) is 21.2. The van der Waals surface area contributed by atoms with Gasteiger partial charge >= 0.3 is 0 Å². The van der Waals surface area contributed by atoms with E-state index in [2.05, 4.69) is 35.2 Å². The zero-order valence-electron chi connectivity index (χ0n) is 14.4. The van der Waals surface area contributed by atoms with Crippen LogP contribution in [-0.4, -0.2) is 15.9 Å². The second kappa shape index (κ2) is 8.03. The number of nitrogens with one attached hydrogen (secondary N) is 1. The molecule has 0 aliphatic heterocycles. The highest BCUT2D eigenvalue weighted by molar-refractivity contribution is 7.13. The van der Waals surface area contributed by atoms with Crippen molar-refractivity contribution in [3.63, 3.8) is 0 Å². The van der Waals surface area contributed by atoms with Crippen molar-refractivity contribution in [1.29, 1.82) is 0 Å². The monoisotopic (exact) mass is 351 g/mol. The number of hydrogen-bond donors (Lipinski definition) is 1. The van der Waals surface area contributed by atoms with Crippen LogP contribution in [0.1, 0.15) is 37.4 Å². The smallest absolute Gasteiger partial charge is 0.224 e. The highest BCUT2D eigenvalue weighted by Gasteiger charge is 2.11. The lowest BCUT2D eigenvalue weighted by molar-refractivity contribution is -0.116. The molecule has 128 valence electrons. The molecule has 1 aromatic carbocycles. The quantitative estimate of drug-likeness (QED) is 0.687. The summed E-state index contributed by atoms with van der Waals surface area (Å²) in [6, 6.07) is 13.7. The molecule has 0 fully saturated rings. The zero-order valence-corrected chi connectivity index (χ0v) is 15.2. The number of aromatic nitrogens is 2. The van der Waals surface area contributed by atoms with E-state index >= 15 is 0 Å². The van der Waals surface area contributed by atoms with E-state index < -0.39 is 0 Å². The molecule has 0 unspecified atom stereocenters. The van der Waals surface area contributed by atoms with Crippen LogP contribution >= 0.6 is 11.3 Å². The first-order valence-electron chi connectivity index (χ1n) is 8.38. The summed E-state index contributed by atoms with van der Waals surface area (Å²) < 4.78 is 0. The Hall–Kier alpha value is -2.53. The van der Waals surface area contributed by atoms with E-state index in [9.17, 15) is 4.79 Å². The number of aryl methyl sites for hydroxylation is 1. The van der Waals surface area contributed by atoms with Gasteiger partial charge in [-0.05, 0) is 36.1 Å². The van der Waals surface area contributed by atoms with Gasteiger partial charge in [0.15, 0.2) is 0 Å². The van der Waals surface area contributed by atoms with E-state index in [4.69, 9.17) is 0 Å². The average Bonchev–Trinajstić information content (AvgIpc) is 3.10. The molecular weight excluding hydrogens is 330 g/mol. The van der Waals surface area contributed by atoms with Crippen LogP contribution in [-0.2, 0) is 11.2 Å². The lowest BCUT2D eigenvalue weighted by Crippen LogP contribution is -2.14. The van der Waals surface area contributed by atoms with Gasteiger partial charge in [-0.1, -0.05) is 38.1 Å². The molecule has 0 bridgehead atoms. The molecule has 3 rings (SSSR count). The van der Waals surface area contributed by atoms with E-state index in [1.54, 1.807) is 17.5 Å². The summed E-state index contributed by atoms with van der Waals surface area (Å²) in [6.07, 6.45) is 2.80. The van der Waals surface area contributed by atoms with Gasteiger partial charge < -0.3 is 5.32 Å². The normalized spacial score (nSPS) is 10.8. The number of carbonyl (C=O) groups excluding carboxylic acids is 1. The molecule has 3 aromatic rings. The van der Waals surface area contributed by atoms with Crippen LogP contribution < -0.4 is 5.32 Å². The van der Waals surface area contributed by atoms with Crippen molar-refractivity contribution >= 4 is 22.9 Å². The summed E-state index contributed by atoms with van der Waals surface area (Å²) >= 11 is 1.56. The number of benzene rings is 1. The van der Waals surface area contributed by atoms with Crippen LogP contribution in [0.15, 0.2) is 54.0 Å². The first kappa shape index (κ1) is 17.3. The minimum atomic E-state index is 0.0143. The Morgan fingerprint density at radius 1 is 1.16 bits per heavy atom. The third-order valence-electron chi connectivity index (χ3n) is 3.90. The molecule has 1 N–H and O–H groups in total. The molecule has 0 saturated carbocycles. The molecule has 1 amide bonds. The first-order chi connectivity index (χ1) is 12.1. The number of para-hydroxylation sites is 1. The second-order valence-corrected chi connectivity index (χ2v) is 7.01. The van der Waals surface area contributed by atoms with Crippen molar-refractivity contribution in [3.05, 3.63) is 65.3 Å². The van der Waals surface area contributed by atoms with Crippen molar-refractivity contribution in [1.82, 2.24) is 9.97 Å². The predicted molar refractivity (Wildman–Crippen MR) is 103 cm³/mol.